The molecular weight excluding hydrogens is 272 g/mol. The number of nitrogens with zero attached hydrogens (tertiary/aromatic N) is 2. The normalized spacial score (nSPS) is 10.8. The van der Waals surface area contributed by atoms with Gasteiger partial charge in [-0.3, -0.25) is 10.8 Å². The molecule has 0 radical (unpaired) electrons. The first kappa shape index (κ1) is 16.3. The Bertz CT molecular complexity index is 661. The molecule has 2 aromatic rings. The second kappa shape index (κ2) is 7.78. The number of unbranched alkanes of at least 4 members (excludes halogenated alkanes) is 3. The molecule has 0 saturated carbocycles. The van der Waals surface area contributed by atoms with Gasteiger partial charge in [0.05, 0.1) is 0 Å². The van der Waals surface area contributed by atoms with Crippen molar-refractivity contribution in [3.8, 4) is 0 Å². The fraction of sp³-hybridized carbons (Fsp3) is 0.444. The molecule has 2 rings (SSSR count). The zero-order chi connectivity index (χ0) is 15.9. The van der Waals surface area contributed by atoms with E-state index in [-0.39, 0.29) is 0 Å². The van der Waals surface area contributed by atoms with Gasteiger partial charge in [0.15, 0.2) is 0 Å². The second-order valence-electron chi connectivity index (χ2n) is 5.98. The standard InChI is InChI=1S/C18H26N4/c1-15-7-11-21(17(19)13-15)9-5-3-4-6-10-22-12-8-16(2)14-18(22)20/h7-8,11-14,19-20H,3-6,9-10H2,1-2H3. The van der Waals surface area contributed by atoms with E-state index in [1.807, 2.05) is 47.5 Å². The zero-order valence-corrected chi connectivity index (χ0v) is 13.6. The fourth-order valence-electron chi connectivity index (χ4n) is 2.58. The maximum atomic E-state index is 7.92. The molecule has 2 N–H and O–H groups in total. The van der Waals surface area contributed by atoms with Gasteiger partial charge in [-0.1, -0.05) is 12.8 Å². The van der Waals surface area contributed by atoms with Crippen LogP contribution in [0.5, 0.6) is 0 Å². The van der Waals surface area contributed by atoms with E-state index < -0.39 is 0 Å². The highest BCUT2D eigenvalue weighted by Gasteiger charge is 1.96. The van der Waals surface area contributed by atoms with E-state index in [4.69, 9.17) is 10.8 Å². The summed E-state index contributed by atoms with van der Waals surface area (Å²) < 4.78 is 4.01. The lowest BCUT2D eigenvalue weighted by Crippen LogP contribution is -2.19. The quantitative estimate of drug-likeness (QED) is 0.738. The molecular formula is C18H26N4. The largest absolute Gasteiger partial charge is 0.334 e. The van der Waals surface area contributed by atoms with Crippen molar-refractivity contribution in [2.24, 2.45) is 0 Å². The molecule has 0 spiro atoms. The Balaban J connectivity index is 1.69. The fourth-order valence-corrected chi connectivity index (χ4v) is 2.58. The predicted octanol–water partition coefficient (Wildman–Crippen LogP) is 3.13. The molecule has 0 aliphatic heterocycles. The highest BCUT2D eigenvalue weighted by Crippen LogP contribution is 2.03. The van der Waals surface area contributed by atoms with Crippen molar-refractivity contribution in [2.45, 2.75) is 52.6 Å². The van der Waals surface area contributed by atoms with Gasteiger partial charge in [-0.2, -0.15) is 0 Å². The third kappa shape index (κ3) is 4.72. The van der Waals surface area contributed by atoms with Crippen LogP contribution in [0.25, 0.3) is 0 Å². The third-order valence-electron chi connectivity index (χ3n) is 3.93. The minimum atomic E-state index is 0.592. The van der Waals surface area contributed by atoms with Gasteiger partial charge in [-0.15, -0.1) is 0 Å². The molecule has 22 heavy (non-hydrogen) atoms. The van der Waals surface area contributed by atoms with Crippen molar-refractivity contribution in [3.63, 3.8) is 0 Å². The van der Waals surface area contributed by atoms with Crippen molar-refractivity contribution in [3.05, 3.63) is 58.8 Å². The number of nitrogens with one attached hydrogen (secondary N) is 2. The molecule has 118 valence electrons. The van der Waals surface area contributed by atoms with Crippen LogP contribution in [0.4, 0.5) is 0 Å². The molecule has 0 aliphatic carbocycles. The molecule has 0 bridgehead atoms. The van der Waals surface area contributed by atoms with Gasteiger partial charge in [0.2, 0.25) is 0 Å². The van der Waals surface area contributed by atoms with Crippen molar-refractivity contribution >= 4 is 0 Å². The molecule has 2 heterocycles. The predicted molar refractivity (Wildman–Crippen MR) is 88.5 cm³/mol. The van der Waals surface area contributed by atoms with Crippen LogP contribution < -0.4 is 11.0 Å². The molecule has 0 unspecified atom stereocenters. The summed E-state index contributed by atoms with van der Waals surface area (Å²) >= 11 is 0. The lowest BCUT2D eigenvalue weighted by atomic mass is 10.2. The van der Waals surface area contributed by atoms with E-state index in [0.717, 1.165) is 37.1 Å². The summed E-state index contributed by atoms with van der Waals surface area (Å²) in [5, 5.41) is 15.8. The summed E-state index contributed by atoms with van der Waals surface area (Å²) in [6, 6.07) is 7.93. The third-order valence-corrected chi connectivity index (χ3v) is 3.93. The molecule has 2 aromatic heterocycles. The first-order valence-electron chi connectivity index (χ1n) is 7.99. The van der Waals surface area contributed by atoms with Crippen LogP contribution in [0.15, 0.2) is 36.7 Å². The van der Waals surface area contributed by atoms with Gasteiger partial charge in [0.1, 0.15) is 11.0 Å². The SMILES string of the molecule is Cc1ccn(CCCCCCn2ccc(C)cc2=N)c(=N)c1. The van der Waals surface area contributed by atoms with E-state index in [1.54, 1.807) is 0 Å². The molecule has 0 atom stereocenters. The van der Waals surface area contributed by atoms with E-state index in [9.17, 15) is 0 Å². The zero-order valence-electron chi connectivity index (χ0n) is 13.6. The molecule has 4 nitrogen and oxygen atoms in total. The van der Waals surface area contributed by atoms with Gasteiger partial charge >= 0.3 is 0 Å². The van der Waals surface area contributed by atoms with Gasteiger partial charge in [0.25, 0.3) is 0 Å². The maximum absolute atomic E-state index is 7.92. The highest BCUT2D eigenvalue weighted by molar-refractivity contribution is 5.07. The number of aryl methyl sites for hydroxylation is 4. The summed E-state index contributed by atoms with van der Waals surface area (Å²) in [7, 11) is 0. The Morgan fingerprint density at radius 1 is 0.727 bits per heavy atom. The number of aromatic nitrogens is 2. The molecule has 0 aromatic carbocycles. The van der Waals surface area contributed by atoms with E-state index >= 15 is 0 Å². The minimum absolute atomic E-state index is 0.592. The first-order valence-corrected chi connectivity index (χ1v) is 7.99. The molecule has 0 aliphatic rings. The van der Waals surface area contributed by atoms with Crippen molar-refractivity contribution in [2.75, 3.05) is 0 Å². The summed E-state index contributed by atoms with van der Waals surface area (Å²) in [6.45, 7) is 5.87. The van der Waals surface area contributed by atoms with Gasteiger partial charge in [-0.25, -0.2) is 0 Å². The Labute approximate surface area is 132 Å². The monoisotopic (exact) mass is 298 g/mol. The number of hydrogen-bond acceptors (Lipinski definition) is 2. The summed E-state index contributed by atoms with van der Waals surface area (Å²) in [4.78, 5) is 0. The lowest BCUT2D eigenvalue weighted by Gasteiger charge is -2.09. The van der Waals surface area contributed by atoms with Crippen molar-refractivity contribution < 1.29 is 0 Å². The average Bonchev–Trinajstić information content (AvgIpc) is 2.46. The number of pyridine rings is 2. The molecule has 0 amide bonds. The van der Waals surface area contributed by atoms with Crippen LogP contribution in [-0.4, -0.2) is 9.13 Å². The number of hydrogen-bond donors (Lipinski definition) is 2. The van der Waals surface area contributed by atoms with Gasteiger partial charge in [0, 0.05) is 25.5 Å². The van der Waals surface area contributed by atoms with Gasteiger partial charge in [-0.05, 0) is 62.1 Å². The Kier molecular flexibility index (Phi) is 5.75. The summed E-state index contributed by atoms with van der Waals surface area (Å²) in [6.07, 6.45) is 8.55. The second-order valence-corrected chi connectivity index (χ2v) is 5.98. The molecule has 0 fully saturated rings. The van der Waals surface area contributed by atoms with Crippen molar-refractivity contribution in [1.82, 2.24) is 9.13 Å². The Morgan fingerprint density at radius 2 is 1.14 bits per heavy atom. The van der Waals surface area contributed by atoms with E-state index in [0.29, 0.717) is 11.0 Å². The highest BCUT2D eigenvalue weighted by atomic mass is 15.0. The van der Waals surface area contributed by atoms with Crippen LogP contribution >= 0.6 is 0 Å². The van der Waals surface area contributed by atoms with Crippen LogP contribution in [0.3, 0.4) is 0 Å². The van der Waals surface area contributed by atoms with E-state index in [2.05, 4.69) is 12.1 Å². The summed E-state index contributed by atoms with van der Waals surface area (Å²) in [5.41, 5.74) is 3.47. The van der Waals surface area contributed by atoms with Crippen LogP contribution in [0, 0.1) is 24.7 Å². The minimum Gasteiger partial charge on any atom is -0.334 e. The summed E-state index contributed by atoms with van der Waals surface area (Å²) in [5.74, 6) is 0. The van der Waals surface area contributed by atoms with Crippen LogP contribution in [0.2, 0.25) is 0 Å². The smallest absolute Gasteiger partial charge is 0.124 e. The van der Waals surface area contributed by atoms with Gasteiger partial charge < -0.3 is 9.13 Å². The first-order chi connectivity index (χ1) is 10.6. The maximum Gasteiger partial charge on any atom is 0.124 e. The lowest BCUT2D eigenvalue weighted by molar-refractivity contribution is 0.521. The Hall–Kier alpha value is -2.10. The molecule has 0 saturated heterocycles. The van der Waals surface area contributed by atoms with Crippen molar-refractivity contribution in [1.29, 1.82) is 10.8 Å². The van der Waals surface area contributed by atoms with Crippen LogP contribution in [-0.2, 0) is 13.1 Å². The number of rotatable bonds is 7. The van der Waals surface area contributed by atoms with Crippen LogP contribution in [0.1, 0.15) is 36.8 Å². The Morgan fingerprint density at radius 3 is 1.50 bits per heavy atom. The molecule has 4 heteroatoms. The average molecular weight is 298 g/mol. The topological polar surface area (TPSA) is 57.6 Å². The van der Waals surface area contributed by atoms with E-state index in [1.165, 1.54) is 12.8 Å².